The lowest BCUT2D eigenvalue weighted by Gasteiger charge is -2.24. The van der Waals surface area contributed by atoms with Gasteiger partial charge in [0, 0.05) is 13.3 Å². The second kappa shape index (κ2) is 9.75. The number of methoxy groups -OCH3 is 2. The van der Waals surface area contributed by atoms with Crippen LogP contribution >= 0.6 is 0 Å². The van der Waals surface area contributed by atoms with E-state index in [0.29, 0.717) is 0 Å². The van der Waals surface area contributed by atoms with Crippen LogP contribution in [0, 0.1) is 5.92 Å². The minimum absolute atomic E-state index is 0.0387. The summed E-state index contributed by atoms with van der Waals surface area (Å²) in [6, 6.07) is -1.76. The Balaban J connectivity index is 4.87. The van der Waals surface area contributed by atoms with Gasteiger partial charge in [0.05, 0.1) is 14.2 Å². The molecule has 0 radical (unpaired) electrons. The van der Waals surface area contributed by atoms with Gasteiger partial charge < -0.3 is 20.1 Å². The Hall–Kier alpha value is -2.12. The highest BCUT2D eigenvalue weighted by Crippen LogP contribution is 2.06. The third kappa shape index (κ3) is 7.05. The quantitative estimate of drug-likeness (QED) is 0.598. The van der Waals surface area contributed by atoms with Crippen LogP contribution in [0.2, 0.25) is 0 Å². The predicted octanol–water partition coefficient (Wildman–Crippen LogP) is -0.242. The van der Waals surface area contributed by atoms with E-state index in [1.165, 1.54) is 21.1 Å². The fourth-order valence-electron chi connectivity index (χ4n) is 1.77. The highest BCUT2D eigenvalue weighted by Gasteiger charge is 2.28. The van der Waals surface area contributed by atoms with Gasteiger partial charge in [0.25, 0.3) is 0 Å². The van der Waals surface area contributed by atoms with Crippen molar-refractivity contribution in [3.63, 3.8) is 0 Å². The average molecular weight is 316 g/mol. The van der Waals surface area contributed by atoms with Crippen LogP contribution in [0.3, 0.4) is 0 Å². The van der Waals surface area contributed by atoms with Crippen LogP contribution in [0.1, 0.15) is 33.6 Å². The van der Waals surface area contributed by atoms with Crippen molar-refractivity contribution in [2.75, 3.05) is 14.2 Å². The van der Waals surface area contributed by atoms with Gasteiger partial charge in [-0.1, -0.05) is 13.8 Å². The van der Waals surface area contributed by atoms with E-state index in [2.05, 4.69) is 20.1 Å². The van der Waals surface area contributed by atoms with Gasteiger partial charge >= 0.3 is 11.9 Å². The van der Waals surface area contributed by atoms with E-state index in [0.717, 1.165) is 0 Å². The molecule has 0 fully saturated rings. The summed E-state index contributed by atoms with van der Waals surface area (Å²) in [4.78, 5) is 46.2. The molecule has 0 aliphatic rings. The first-order chi connectivity index (χ1) is 10.2. The highest BCUT2D eigenvalue weighted by molar-refractivity contribution is 5.90. The zero-order valence-electron chi connectivity index (χ0n) is 13.6. The second-order valence-corrected chi connectivity index (χ2v) is 5.12. The van der Waals surface area contributed by atoms with Crippen molar-refractivity contribution in [3.05, 3.63) is 0 Å². The van der Waals surface area contributed by atoms with Crippen molar-refractivity contribution < 1.29 is 28.7 Å². The highest BCUT2D eigenvalue weighted by atomic mass is 16.5. The molecular weight excluding hydrogens is 292 g/mol. The van der Waals surface area contributed by atoms with Crippen LogP contribution in [-0.4, -0.2) is 50.1 Å². The number of hydrogen-bond donors (Lipinski definition) is 2. The van der Waals surface area contributed by atoms with Gasteiger partial charge in [-0.2, -0.15) is 0 Å². The predicted molar refractivity (Wildman–Crippen MR) is 77.6 cm³/mol. The van der Waals surface area contributed by atoms with Gasteiger partial charge in [-0.15, -0.1) is 0 Å². The maximum atomic E-state index is 12.2. The summed E-state index contributed by atoms with van der Waals surface area (Å²) in [6.45, 7) is 4.83. The molecule has 0 unspecified atom stereocenters. The molecule has 22 heavy (non-hydrogen) atoms. The summed E-state index contributed by atoms with van der Waals surface area (Å²) in [6.07, 6.45) is 0.0129. The lowest BCUT2D eigenvalue weighted by Crippen LogP contribution is -2.53. The normalized spacial score (nSPS) is 13.0. The molecule has 0 rings (SSSR count). The summed E-state index contributed by atoms with van der Waals surface area (Å²) in [5.41, 5.74) is 0. The maximum Gasteiger partial charge on any atom is 0.328 e. The van der Waals surface area contributed by atoms with Gasteiger partial charge in [-0.25, -0.2) is 4.79 Å². The fraction of sp³-hybridized carbons (Fsp3) is 0.714. The van der Waals surface area contributed by atoms with Gasteiger partial charge in [0.1, 0.15) is 12.1 Å². The molecule has 2 amide bonds. The Kier molecular flexibility index (Phi) is 8.81. The van der Waals surface area contributed by atoms with Crippen LogP contribution in [0.5, 0.6) is 0 Å². The van der Waals surface area contributed by atoms with E-state index in [1.54, 1.807) is 13.8 Å². The Morgan fingerprint density at radius 2 is 1.59 bits per heavy atom. The monoisotopic (exact) mass is 316 g/mol. The van der Waals surface area contributed by atoms with Gasteiger partial charge in [0.2, 0.25) is 11.8 Å². The summed E-state index contributed by atoms with van der Waals surface area (Å²) in [5.74, 6) is -2.18. The average Bonchev–Trinajstić information content (AvgIpc) is 2.46. The Morgan fingerprint density at radius 1 is 1.00 bits per heavy atom. The first kappa shape index (κ1) is 19.9. The number of hydrogen-bond acceptors (Lipinski definition) is 6. The molecule has 126 valence electrons. The van der Waals surface area contributed by atoms with E-state index < -0.39 is 29.9 Å². The van der Waals surface area contributed by atoms with E-state index in [1.807, 2.05) is 0 Å². The summed E-state index contributed by atoms with van der Waals surface area (Å²) in [7, 11) is 2.42. The first-order valence-electron chi connectivity index (χ1n) is 6.95. The number of carbonyl (C=O) groups is 4. The van der Waals surface area contributed by atoms with Gasteiger partial charge in [0.15, 0.2) is 0 Å². The second-order valence-electron chi connectivity index (χ2n) is 5.12. The number of nitrogens with one attached hydrogen (secondary N) is 2. The fourth-order valence-corrected chi connectivity index (χ4v) is 1.77. The number of amides is 2. The van der Waals surface area contributed by atoms with E-state index >= 15 is 0 Å². The molecule has 0 aliphatic carbocycles. The van der Waals surface area contributed by atoms with E-state index in [9.17, 15) is 19.2 Å². The molecule has 0 spiro atoms. The molecule has 2 N–H and O–H groups in total. The topological polar surface area (TPSA) is 111 Å². The van der Waals surface area contributed by atoms with E-state index in [4.69, 9.17) is 0 Å². The smallest absolute Gasteiger partial charge is 0.328 e. The molecule has 0 heterocycles. The molecule has 0 aromatic carbocycles. The van der Waals surface area contributed by atoms with Crippen LogP contribution in [-0.2, 0) is 28.7 Å². The third-order valence-electron chi connectivity index (χ3n) is 2.97. The number of rotatable bonds is 8. The molecule has 0 aromatic rings. The Bertz CT molecular complexity index is 422. The zero-order chi connectivity index (χ0) is 17.3. The number of ether oxygens (including phenoxy) is 2. The van der Waals surface area contributed by atoms with Gasteiger partial charge in [-0.05, 0) is 12.3 Å². The van der Waals surface area contributed by atoms with Crippen molar-refractivity contribution >= 4 is 23.8 Å². The maximum absolute atomic E-state index is 12.2. The summed E-state index contributed by atoms with van der Waals surface area (Å²) < 4.78 is 9.10. The van der Waals surface area contributed by atoms with Crippen molar-refractivity contribution in [2.24, 2.45) is 5.92 Å². The SMILES string of the molecule is COC(=O)CC[C@H](NC(=O)[C@H](NC(C)=O)C(C)C)C(=O)OC. The van der Waals surface area contributed by atoms with Crippen LogP contribution < -0.4 is 10.6 Å². The van der Waals surface area contributed by atoms with Crippen molar-refractivity contribution in [2.45, 2.75) is 45.7 Å². The summed E-state index contributed by atoms with van der Waals surface area (Å²) in [5, 5.41) is 5.02. The lowest BCUT2D eigenvalue weighted by molar-refractivity contribution is -0.146. The zero-order valence-corrected chi connectivity index (χ0v) is 13.6. The van der Waals surface area contributed by atoms with E-state index in [-0.39, 0.29) is 24.7 Å². The molecular formula is C14H24N2O6. The lowest BCUT2D eigenvalue weighted by atomic mass is 10.0. The number of esters is 2. The molecule has 0 saturated carbocycles. The van der Waals surface area contributed by atoms with Crippen LogP contribution in [0.15, 0.2) is 0 Å². The molecule has 2 atom stereocenters. The standard InChI is InChI=1S/C14H24N2O6/c1-8(2)12(15-9(3)17)13(19)16-10(14(20)22-5)6-7-11(18)21-4/h8,10,12H,6-7H2,1-5H3,(H,15,17)(H,16,19)/t10-,12+/m0/s1. The molecule has 0 aliphatic heterocycles. The minimum atomic E-state index is -0.980. The molecule has 0 saturated heterocycles. The van der Waals surface area contributed by atoms with Crippen molar-refractivity contribution in [1.29, 1.82) is 0 Å². The molecule has 8 heteroatoms. The first-order valence-corrected chi connectivity index (χ1v) is 6.95. The van der Waals surface area contributed by atoms with Crippen molar-refractivity contribution in [1.82, 2.24) is 10.6 Å². The molecule has 0 bridgehead atoms. The van der Waals surface area contributed by atoms with Crippen molar-refractivity contribution in [3.8, 4) is 0 Å². The largest absolute Gasteiger partial charge is 0.469 e. The summed E-state index contributed by atoms with van der Waals surface area (Å²) >= 11 is 0. The number of carbonyl (C=O) groups excluding carboxylic acids is 4. The van der Waals surface area contributed by atoms with Crippen LogP contribution in [0.4, 0.5) is 0 Å². The Morgan fingerprint density at radius 3 is 2.00 bits per heavy atom. The van der Waals surface area contributed by atoms with Crippen LogP contribution in [0.25, 0.3) is 0 Å². The van der Waals surface area contributed by atoms with Gasteiger partial charge in [-0.3, -0.25) is 14.4 Å². The minimum Gasteiger partial charge on any atom is -0.469 e. The molecule has 8 nitrogen and oxygen atoms in total. The Labute approximate surface area is 129 Å². The third-order valence-corrected chi connectivity index (χ3v) is 2.97. The molecule has 0 aromatic heterocycles.